The summed E-state index contributed by atoms with van der Waals surface area (Å²) in [5, 5.41) is 12.4. The van der Waals surface area contributed by atoms with Crippen LogP contribution >= 0.6 is 0 Å². The molecular formula is C15H11F3N2O6S. The van der Waals surface area contributed by atoms with E-state index in [1.165, 1.54) is 6.07 Å². The molecule has 144 valence electrons. The largest absolute Gasteiger partial charge is 0.405 e. The highest BCUT2D eigenvalue weighted by molar-refractivity contribution is 7.87. The summed E-state index contributed by atoms with van der Waals surface area (Å²) in [5.41, 5.74) is -0.587. The van der Waals surface area contributed by atoms with Gasteiger partial charge in [0.15, 0.2) is 0 Å². The molecule has 1 amide bonds. The summed E-state index contributed by atoms with van der Waals surface area (Å²) >= 11 is 0. The Morgan fingerprint density at radius 2 is 1.78 bits per heavy atom. The number of alkyl halides is 3. The molecular weight excluding hydrogens is 393 g/mol. The average Bonchev–Trinajstić information content (AvgIpc) is 2.59. The van der Waals surface area contributed by atoms with Crippen LogP contribution in [0.25, 0.3) is 0 Å². The lowest BCUT2D eigenvalue weighted by Crippen LogP contribution is -2.33. The Bertz CT molecular complexity index is 958. The first kappa shape index (κ1) is 20.2. The van der Waals surface area contributed by atoms with Gasteiger partial charge in [-0.25, -0.2) is 0 Å². The van der Waals surface area contributed by atoms with Crippen molar-refractivity contribution >= 4 is 21.7 Å². The monoisotopic (exact) mass is 404 g/mol. The molecule has 0 aliphatic carbocycles. The van der Waals surface area contributed by atoms with Crippen molar-refractivity contribution in [1.82, 2.24) is 5.32 Å². The molecule has 0 unspecified atom stereocenters. The van der Waals surface area contributed by atoms with Crippen molar-refractivity contribution in [1.29, 1.82) is 0 Å². The number of hydrogen-bond donors (Lipinski definition) is 1. The number of amides is 1. The topological polar surface area (TPSA) is 116 Å². The highest BCUT2D eigenvalue weighted by atomic mass is 32.2. The normalized spacial score (nSPS) is 11.7. The van der Waals surface area contributed by atoms with Crippen molar-refractivity contribution in [3.05, 3.63) is 64.2 Å². The van der Waals surface area contributed by atoms with Crippen LogP contribution < -0.4 is 9.50 Å². The predicted octanol–water partition coefficient (Wildman–Crippen LogP) is 2.65. The Balaban J connectivity index is 2.12. The fraction of sp³-hybridized carbons (Fsp3) is 0.133. The molecule has 0 saturated heterocycles. The van der Waals surface area contributed by atoms with Gasteiger partial charge in [0, 0.05) is 17.7 Å². The standard InChI is InChI=1S/C15H11F3N2O6S/c16-15(17,18)9-19-14(21)10-4-6-12(7-5-10)26-27(24,25)13-3-1-2-11(8-13)20(22)23/h1-8H,9H2,(H,19,21). The van der Waals surface area contributed by atoms with Crippen LogP contribution in [0.1, 0.15) is 10.4 Å². The minimum atomic E-state index is -4.56. The number of nitro benzene ring substituents is 1. The minimum Gasteiger partial charge on any atom is -0.379 e. The van der Waals surface area contributed by atoms with Gasteiger partial charge in [-0.05, 0) is 30.3 Å². The summed E-state index contributed by atoms with van der Waals surface area (Å²) in [6.45, 7) is -1.51. The molecule has 12 heteroatoms. The molecule has 2 aromatic rings. The number of halogens is 3. The summed E-state index contributed by atoms with van der Waals surface area (Å²) in [6.07, 6.45) is -4.56. The SMILES string of the molecule is O=C(NCC(F)(F)F)c1ccc(OS(=O)(=O)c2cccc([N+](=O)[O-])c2)cc1. The summed E-state index contributed by atoms with van der Waals surface area (Å²) in [4.78, 5) is 21.1. The summed E-state index contributed by atoms with van der Waals surface area (Å²) < 4.78 is 65.4. The Morgan fingerprint density at radius 3 is 2.33 bits per heavy atom. The molecule has 0 atom stereocenters. The number of carbonyl (C=O) groups is 1. The van der Waals surface area contributed by atoms with E-state index >= 15 is 0 Å². The first-order valence-corrected chi connectivity index (χ1v) is 8.53. The molecule has 1 N–H and O–H groups in total. The third-order valence-corrected chi connectivity index (χ3v) is 4.33. The van der Waals surface area contributed by atoms with Crippen molar-refractivity contribution < 1.29 is 35.5 Å². The lowest BCUT2D eigenvalue weighted by atomic mass is 10.2. The van der Waals surface area contributed by atoms with Crippen molar-refractivity contribution in [3.63, 3.8) is 0 Å². The summed E-state index contributed by atoms with van der Waals surface area (Å²) in [6, 6.07) is 8.47. The number of nitrogens with one attached hydrogen (secondary N) is 1. The number of nitrogens with zero attached hydrogens (tertiary/aromatic N) is 1. The van der Waals surface area contributed by atoms with Crippen molar-refractivity contribution in [2.24, 2.45) is 0 Å². The number of benzene rings is 2. The molecule has 0 radical (unpaired) electrons. The third-order valence-electron chi connectivity index (χ3n) is 3.09. The van der Waals surface area contributed by atoms with Crippen LogP contribution in [0.5, 0.6) is 5.75 Å². The van der Waals surface area contributed by atoms with Gasteiger partial charge in [-0.3, -0.25) is 14.9 Å². The number of nitro groups is 1. The minimum absolute atomic E-state index is 0.139. The fourth-order valence-corrected chi connectivity index (χ4v) is 2.84. The van der Waals surface area contributed by atoms with Crippen LogP contribution in [0.2, 0.25) is 0 Å². The van der Waals surface area contributed by atoms with Gasteiger partial charge in [0.1, 0.15) is 17.2 Å². The number of rotatable bonds is 6. The maximum atomic E-state index is 12.2. The van der Waals surface area contributed by atoms with Crippen molar-refractivity contribution in [2.45, 2.75) is 11.1 Å². The lowest BCUT2D eigenvalue weighted by Gasteiger charge is -2.09. The van der Waals surface area contributed by atoms with Crippen LogP contribution in [-0.4, -0.2) is 32.0 Å². The Morgan fingerprint density at radius 1 is 1.15 bits per heavy atom. The highest BCUT2D eigenvalue weighted by Crippen LogP contribution is 2.22. The highest BCUT2D eigenvalue weighted by Gasteiger charge is 2.28. The van der Waals surface area contributed by atoms with Crippen LogP contribution in [0.15, 0.2) is 53.4 Å². The average molecular weight is 404 g/mol. The van der Waals surface area contributed by atoms with Crippen molar-refractivity contribution in [3.8, 4) is 5.75 Å². The van der Waals surface area contributed by atoms with E-state index in [9.17, 15) is 36.5 Å². The molecule has 0 aromatic heterocycles. The van der Waals surface area contributed by atoms with E-state index in [1.54, 1.807) is 5.32 Å². The molecule has 0 heterocycles. The maximum Gasteiger partial charge on any atom is 0.405 e. The number of hydrogen-bond acceptors (Lipinski definition) is 6. The zero-order valence-corrected chi connectivity index (χ0v) is 14.1. The Labute approximate surface area is 150 Å². The van der Waals surface area contributed by atoms with Crippen LogP contribution in [0.4, 0.5) is 18.9 Å². The maximum absolute atomic E-state index is 12.2. The molecule has 0 aliphatic rings. The molecule has 0 spiro atoms. The molecule has 8 nitrogen and oxygen atoms in total. The molecule has 0 aliphatic heterocycles. The van der Waals surface area contributed by atoms with E-state index in [-0.39, 0.29) is 11.3 Å². The fourth-order valence-electron chi connectivity index (χ4n) is 1.87. The van der Waals surface area contributed by atoms with Gasteiger partial charge in [-0.2, -0.15) is 21.6 Å². The van der Waals surface area contributed by atoms with Crippen LogP contribution in [-0.2, 0) is 10.1 Å². The van der Waals surface area contributed by atoms with E-state index in [1.807, 2.05) is 0 Å². The lowest BCUT2D eigenvalue weighted by molar-refractivity contribution is -0.385. The molecule has 2 rings (SSSR count). The van der Waals surface area contributed by atoms with E-state index in [0.29, 0.717) is 0 Å². The number of non-ortho nitro benzene ring substituents is 1. The van der Waals surface area contributed by atoms with Gasteiger partial charge < -0.3 is 9.50 Å². The quantitative estimate of drug-likeness (QED) is 0.450. The van der Waals surface area contributed by atoms with Gasteiger partial charge in [0.25, 0.3) is 11.6 Å². The smallest absolute Gasteiger partial charge is 0.379 e. The van der Waals surface area contributed by atoms with Gasteiger partial charge in [-0.15, -0.1) is 0 Å². The second-order valence-corrected chi connectivity index (χ2v) is 6.66. The summed E-state index contributed by atoms with van der Waals surface area (Å²) in [7, 11) is -4.39. The molecule has 0 bridgehead atoms. The Hall–Kier alpha value is -3.15. The van der Waals surface area contributed by atoms with E-state index in [0.717, 1.165) is 42.5 Å². The Kier molecular flexibility index (Phi) is 5.69. The van der Waals surface area contributed by atoms with E-state index in [4.69, 9.17) is 4.18 Å². The first-order valence-electron chi connectivity index (χ1n) is 7.12. The predicted molar refractivity (Wildman–Crippen MR) is 85.7 cm³/mol. The first-order chi connectivity index (χ1) is 12.5. The van der Waals surface area contributed by atoms with E-state index in [2.05, 4.69) is 0 Å². The number of carbonyl (C=O) groups excluding carboxylic acids is 1. The molecule has 2 aromatic carbocycles. The zero-order valence-electron chi connectivity index (χ0n) is 13.3. The molecule has 27 heavy (non-hydrogen) atoms. The van der Waals surface area contributed by atoms with Gasteiger partial charge in [0.2, 0.25) is 0 Å². The van der Waals surface area contributed by atoms with Crippen LogP contribution in [0, 0.1) is 10.1 Å². The molecule has 0 saturated carbocycles. The van der Waals surface area contributed by atoms with Gasteiger partial charge in [-0.1, -0.05) is 6.07 Å². The molecule has 0 fully saturated rings. The second kappa shape index (κ2) is 7.61. The van der Waals surface area contributed by atoms with E-state index < -0.39 is 44.3 Å². The van der Waals surface area contributed by atoms with Crippen LogP contribution in [0.3, 0.4) is 0 Å². The van der Waals surface area contributed by atoms with Crippen molar-refractivity contribution in [2.75, 3.05) is 6.54 Å². The zero-order chi connectivity index (χ0) is 20.2. The van der Waals surface area contributed by atoms with Gasteiger partial charge in [0.05, 0.1) is 4.92 Å². The second-order valence-electron chi connectivity index (χ2n) is 5.11. The van der Waals surface area contributed by atoms with Gasteiger partial charge >= 0.3 is 16.3 Å². The summed E-state index contributed by atoms with van der Waals surface area (Å²) in [5.74, 6) is -1.23. The third kappa shape index (κ3) is 5.67.